The molecule has 4 aromatic heterocycles. The second-order valence-corrected chi connectivity index (χ2v) is 36.4. The van der Waals surface area contributed by atoms with Crippen LogP contribution >= 0.6 is 0 Å². The van der Waals surface area contributed by atoms with Crippen LogP contribution in [0.5, 0.6) is 0 Å². The Morgan fingerprint density at radius 3 is 0.736 bits per heavy atom. The predicted octanol–water partition coefficient (Wildman–Crippen LogP) is 28.7. The molecule has 21 aromatic rings. The highest BCUT2D eigenvalue weighted by atomic mass is 15.2. The third kappa shape index (κ3) is 11.1. The normalized spacial score (nSPS) is 13.0. The summed E-state index contributed by atoms with van der Waals surface area (Å²) in [6.45, 7) is 21.1. The van der Waals surface area contributed by atoms with Crippen molar-refractivity contribution < 1.29 is 0 Å². The topological polar surface area (TPSA) is 26.2 Å². The molecule has 6 heterocycles. The molecule has 121 heavy (non-hydrogen) atoms. The first-order valence-corrected chi connectivity index (χ1v) is 42.7. The largest absolute Gasteiger partial charge is 0.310 e. The van der Waals surface area contributed by atoms with Gasteiger partial charge in [-0.3, -0.25) is 0 Å². The number of aromatic nitrogens is 4. The van der Waals surface area contributed by atoms with Gasteiger partial charge in [-0.25, -0.2) is 0 Å². The van der Waals surface area contributed by atoms with Crippen molar-refractivity contribution in [2.24, 2.45) is 0 Å². The molecule has 0 amide bonds. The number of hydrogen-bond donors (Lipinski definition) is 0. The van der Waals surface area contributed by atoms with Crippen LogP contribution in [-0.4, -0.2) is 25.0 Å². The number of rotatable bonds is 10. The van der Waals surface area contributed by atoms with Crippen molar-refractivity contribution in [3.05, 3.63) is 393 Å². The Morgan fingerprint density at radius 1 is 0.207 bits per heavy atom. The molecule has 578 valence electrons. The van der Waals surface area contributed by atoms with Gasteiger partial charge in [0.05, 0.1) is 55.5 Å². The van der Waals surface area contributed by atoms with E-state index in [1.165, 1.54) is 98.2 Å². The fourth-order valence-corrected chi connectivity index (χ4v) is 20.4. The number of benzene rings is 17. The van der Waals surface area contributed by atoms with Crippen molar-refractivity contribution in [3.8, 4) is 67.3 Å². The summed E-state index contributed by atoms with van der Waals surface area (Å²) in [6, 6.07) is 143. The molecular weight excluding hydrogens is 1460 g/mol. The van der Waals surface area contributed by atoms with Crippen LogP contribution in [0, 0.1) is 0 Å². The molecule has 0 spiro atoms. The van der Waals surface area contributed by atoms with Crippen molar-refractivity contribution in [2.45, 2.75) is 78.6 Å². The standard InChI is InChI=1S/C114H89BN6/c1-112(2,3)76-64-91(72-36-16-10-17-37-72)106(92(65-76)73-38-18-11-19-39-73)120-101-70-81(118-99-54-34-30-50-85(99)89-60-58-87-83-48-28-32-52-97(83)116(108(87)110(89)118)79-44-24-14-25-45-79)56-62-95(101)115-96-63-57-82(119-100-55-35-31-51-86(100)90-61-59-88-84-49-29-33-53-98(84)117(109(88)111(90)119)80-46-26-15-27-47-80)71-102(96)121(104-69-78(114(7,8)9)68-103(120)105(104)115)107-93(74-40-20-12-21-41-74)66-77(113(4,5)6)67-94(107)75-42-22-13-23-43-75/h10-71H,1-9H3. The van der Waals surface area contributed by atoms with Crippen LogP contribution < -0.4 is 26.2 Å². The Morgan fingerprint density at radius 2 is 0.455 bits per heavy atom. The van der Waals surface area contributed by atoms with E-state index in [-0.39, 0.29) is 23.0 Å². The smallest absolute Gasteiger partial charge is 0.252 e. The summed E-state index contributed by atoms with van der Waals surface area (Å²) in [5.74, 6) is 0. The van der Waals surface area contributed by atoms with E-state index in [0.29, 0.717) is 0 Å². The van der Waals surface area contributed by atoms with Gasteiger partial charge in [-0.1, -0.05) is 329 Å². The van der Waals surface area contributed by atoms with E-state index in [2.05, 4.69) is 466 Å². The van der Waals surface area contributed by atoms with Crippen LogP contribution in [0.2, 0.25) is 0 Å². The summed E-state index contributed by atoms with van der Waals surface area (Å²) in [6.07, 6.45) is 0. The van der Waals surface area contributed by atoms with E-state index < -0.39 is 0 Å². The Bertz CT molecular complexity index is 7230. The lowest BCUT2D eigenvalue weighted by Gasteiger charge is -2.47. The molecule has 2 aliphatic heterocycles. The van der Waals surface area contributed by atoms with Crippen LogP contribution in [-0.2, 0) is 16.2 Å². The molecule has 0 saturated heterocycles. The summed E-state index contributed by atoms with van der Waals surface area (Å²) in [7, 11) is 0. The van der Waals surface area contributed by atoms with Crippen molar-refractivity contribution >= 4 is 144 Å². The zero-order valence-electron chi connectivity index (χ0n) is 69.6. The summed E-state index contributed by atoms with van der Waals surface area (Å²) in [4.78, 5) is 5.52. The maximum atomic E-state index is 2.76. The first kappa shape index (κ1) is 71.9. The first-order valence-electron chi connectivity index (χ1n) is 42.7. The van der Waals surface area contributed by atoms with E-state index >= 15 is 0 Å². The van der Waals surface area contributed by atoms with Gasteiger partial charge >= 0.3 is 0 Å². The maximum Gasteiger partial charge on any atom is 0.252 e. The lowest BCUT2D eigenvalue weighted by Crippen LogP contribution is -2.61. The zero-order chi connectivity index (χ0) is 81.5. The summed E-state index contributed by atoms with van der Waals surface area (Å²) in [5.41, 5.74) is 36.0. The summed E-state index contributed by atoms with van der Waals surface area (Å²) in [5, 5.41) is 9.62. The highest BCUT2D eigenvalue weighted by molar-refractivity contribution is 7.00. The number of nitrogens with zero attached hydrogens (tertiary/aromatic N) is 6. The van der Waals surface area contributed by atoms with Gasteiger partial charge in [-0.15, -0.1) is 0 Å². The molecule has 0 radical (unpaired) electrons. The number of fused-ring (bicyclic) bond motifs is 18. The molecule has 0 bridgehead atoms. The van der Waals surface area contributed by atoms with Gasteiger partial charge in [0, 0.05) is 111 Å². The molecule has 0 saturated carbocycles. The SMILES string of the molecule is CC(C)(C)c1cc(-c2ccccc2)c(N2c3cc(-n4c5ccccc5c5ccc6c7ccccc7n(-c7ccccc7)c6c54)ccc3B3c4ccc(-n5c6ccccc6c6ccc7c8ccccc8n(-c8ccccc8)c7c65)cc4N(c4c(-c5ccccc5)cc(C(C)(C)C)cc4-c4ccccc4)c4cc(C(C)(C)C)cc2c43)c(-c2ccccc2)c1. The summed E-state index contributed by atoms with van der Waals surface area (Å²) >= 11 is 0. The van der Waals surface area contributed by atoms with Gasteiger partial charge in [-0.05, 0) is 181 Å². The monoisotopic (exact) mass is 1550 g/mol. The molecule has 23 rings (SSSR count). The molecule has 0 unspecified atom stereocenters. The van der Waals surface area contributed by atoms with Gasteiger partial charge < -0.3 is 28.1 Å². The van der Waals surface area contributed by atoms with Gasteiger partial charge in [0.15, 0.2) is 0 Å². The van der Waals surface area contributed by atoms with Crippen molar-refractivity contribution in [2.75, 3.05) is 9.80 Å². The van der Waals surface area contributed by atoms with Crippen LogP contribution in [0.3, 0.4) is 0 Å². The maximum absolute atomic E-state index is 2.76. The summed E-state index contributed by atoms with van der Waals surface area (Å²) < 4.78 is 10.2. The quantitative estimate of drug-likeness (QED) is 0.128. The molecule has 0 fully saturated rings. The van der Waals surface area contributed by atoms with Gasteiger partial charge in [0.2, 0.25) is 0 Å². The molecular formula is C114H89BN6. The first-order chi connectivity index (χ1) is 59.0. The molecule has 0 N–H and O–H groups in total. The molecule has 0 atom stereocenters. The molecule has 0 aliphatic carbocycles. The van der Waals surface area contributed by atoms with Crippen molar-refractivity contribution in [1.82, 2.24) is 18.3 Å². The highest BCUT2D eigenvalue weighted by Crippen LogP contribution is 2.57. The third-order valence-corrected chi connectivity index (χ3v) is 26.1. The zero-order valence-corrected chi connectivity index (χ0v) is 69.6. The van der Waals surface area contributed by atoms with E-state index in [9.17, 15) is 0 Å². The number of hydrogen-bond acceptors (Lipinski definition) is 2. The minimum atomic E-state index is -0.388. The van der Waals surface area contributed by atoms with E-state index in [1.807, 2.05) is 0 Å². The van der Waals surface area contributed by atoms with E-state index in [4.69, 9.17) is 0 Å². The van der Waals surface area contributed by atoms with Crippen LogP contribution in [0.1, 0.15) is 79.0 Å². The van der Waals surface area contributed by atoms with Crippen LogP contribution in [0.15, 0.2) is 376 Å². The van der Waals surface area contributed by atoms with Gasteiger partial charge in [0.25, 0.3) is 6.71 Å². The minimum Gasteiger partial charge on any atom is -0.310 e. The van der Waals surface area contributed by atoms with E-state index in [0.717, 1.165) is 123 Å². The Balaban J connectivity index is 0.908. The molecule has 17 aromatic carbocycles. The Hall–Kier alpha value is -14.4. The minimum absolute atomic E-state index is 0.233. The second kappa shape index (κ2) is 27.1. The lowest BCUT2D eigenvalue weighted by atomic mass is 9.33. The predicted molar refractivity (Wildman–Crippen MR) is 516 cm³/mol. The van der Waals surface area contributed by atoms with Gasteiger partial charge in [-0.2, -0.15) is 0 Å². The van der Waals surface area contributed by atoms with E-state index in [1.54, 1.807) is 0 Å². The van der Waals surface area contributed by atoms with Crippen molar-refractivity contribution in [1.29, 1.82) is 0 Å². The Kier molecular flexibility index (Phi) is 16.1. The molecule has 6 nitrogen and oxygen atoms in total. The van der Waals surface area contributed by atoms with Crippen LogP contribution in [0.4, 0.5) is 34.1 Å². The second-order valence-electron chi connectivity index (χ2n) is 36.4. The average Bonchev–Trinajstić information content (AvgIpc) is 1.53. The number of para-hydroxylation sites is 6. The fraction of sp³-hybridized carbons (Fsp3) is 0.105. The van der Waals surface area contributed by atoms with Crippen molar-refractivity contribution in [3.63, 3.8) is 0 Å². The number of anilines is 6. The van der Waals surface area contributed by atoms with Crippen LogP contribution in [0.25, 0.3) is 154 Å². The highest BCUT2D eigenvalue weighted by Gasteiger charge is 2.47. The average molecular weight is 1550 g/mol. The molecule has 2 aliphatic rings. The Labute approximate surface area is 706 Å². The lowest BCUT2D eigenvalue weighted by molar-refractivity contribution is 0.590. The third-order valence-electron chi connectivity index (χ3n) is 26.1. The fourth-order valence-electron chi connectivity index (χ4n) is 20.4. The van der Waals surface area contributed by atoms with Gasteiger partial charge in [0.1, 0.15) is 0 Å². The molecule has 7 heteroatoms.